The van der Waals surface area contributed by atoms with Crippen LogP contribution in [-0.2, 0) is 19.1 Å². The van der Waals surface area contributed by atoms with Crippen molar-refractivity contribution in [3.8, 4) is 0 Å². The van der Waals surface area contributed by atoms with E-state index in [9.17, 15) is 22.8 Å². The van der Waals surface area contributed by atoms with Gasteiger partial charge in [0, 0.05) is 0 Å². The van der Waals surface area contributed by atoms with Crippen molar-refractivity contribution >= 4 is 11.9 Å². The number of hydrogen-bond acceptors (Lipinski definition) is 5. The molecule has 0 aromatic heterocycles. The van der Waals surface area contributed by atoms with E-state index in [0.29, 0.717) is 7.11 Å². The van der Waals surface area contributed by atoms with Crippen molar-refractivity contribution in [2.24, 2.45) is 0 Å². The van der Waals surface area contributed by atoms with Crippen molar-refractivity contribution in [2.45, 2.75) is 25.1 Å². The van der Waals surface area contributed by atoms with Gasteiger partial charge in [0.25, 0.3) is 0 Å². The Morgan fingerprint density at radius 1 is 1.25 bits per heavy atom. The van der Waals surface area contributed by atoms with Crippen LogP contribution in [0.4, 0.5) is 13.2 Å². The zero-order valence-electron chi connectivity index (χ0n) is 8.63. The van der Waals surface area contributed by atoms with Gasteiger partial charge in [-0.05, 0) is 6.42 Å². The summed E-state index contributed by atoms with van der Waals surface area (Å²) >= 11 is 0. The van der Waals surface area contributed by atoms with E-state index in [1.54, 1.807) is 0 Å². The van der Waals surface area contributed by atoms with Gasteiger partial charge in [-0.2, -0.15) is 13.2 Å². The Morgan fingerprint density at radius 2 is 1.75 bits per heavy atom. The second kappa shape index (κ2) is 5.15. The first-order chi connectivity index (χ1) is 7.21. The molecule has 0 aliphatic carbocycles. The number of aliphatic hydroxyl groups is 1. The number of ether oxygens (including phenoxy) is 2. The Labute approximate surface area is 89.1 Å². The molecule has 1 atom stereocenters. The largest absolute Gasteiger partial charge is 0.466 e. The fourth-order valence-electron chi connectivity index (χ4n) is 0.762. The fourth-order valence-corrected chi connectivity index (χ4v) is 0.762. The molecule has 0 aliphatic rings. The molecule has 1 N–H and O–H groups in total. The van der Waals surface area contributed by atoms with E-state index < -0.39 is 23.7 Å². The molecule has 0 amide bonds. The topological polar surface area (TPSA) is 72.8 Å². The molecule has 0 aromatic carbocycles. The van der Waals surface area contributed by atoms with Crippen LogP contribution in [-0.4, -0.2) is 42.5 Å². The van der Waals surface area contributed by atoms with Crippen LogP contribution in [0.3, 0.4) is 0 Å². The SMILES string of the molecule is CCCOC(=O)C(O)(C(=O)OC)C(F)(F)F. The third-order valence-corrected chi connectivity index (χ3v) is 1.62. The zero-order valence-corrected chi connectivity index (χ0v) is 8.63. The maximum Gasteiger partial charge on any atom is 0.439 e. The average molecular weight is 244 g/mol. The number of hydrogen-bond donors (Lipinski definition) is 1. The third kappa shape index (κ3) is 2.63. The van der Waals surface area contributed by atoms with Gasteiger partial charge in [0.1, 0.15) is 0 Å². The highest BCUT2D eigenvalue weighted by atomic mass is 19.4. The zero-order chi connectivity index (χ0) is 13.0. The number of halogens is 3. The second-order valence-electron chi connectivity index (χ2n) is 2.84. The Hall–Kier alpha value is -1.31. The number of esters is 2. The lowest BCUT2D eigenvalue weighted by molar-refractivity contribution is -0.263. The molecule has 8 heteroatoms. The van der Waals surface area contributed by atoms with Gasteiger partial charge in [-0.1, -0.05) is 6.92 Å². The molecular weight excluding hydrogens is 233 g/mol. The van der Waals surface area contributed by atoms with Crippen molar-refractivity contribution in [1.82, 2.24) is 0 Å². The molecule has 0 saturated carbocycles. The maximum atomic E-state index is 12.4. The fraction of sp³-hybridized carbons (Fsp3) is 0.750. The van der Waals surface area contributed by atoms with Gasteiger partial charge in [-0.25, -0.2) is 9.59 Å². The van der Waals surface area contributed by atoms with Crippen LogP contribution in [0.5, 0.6) is 0 Å². The van der Waals surface area contributed by atoms with E-state index >= 15 is 0 Å². The number of methoxy groups -OCH3 is 1. The highest BCUT2D eigenvalue weighted by Gasteiger charge is 2.67. The van der Waals surface area contributed by atoms with Crippen LogP contribution < -0.4 is 0 Å². The first-order valence-electron chi connectivity index (χ1n) is 4.26. The molecule has 0 aliphatic heterocycles. The van der Waals surface area contributed by atoms with Crippen LogP contribution in [0.25, 0.3) is 0 Å². The molecule has 0 radical (unpaired) electrons. The summed E-state index contributed by atoms with van der Waals surface area (Å²) in [5.41, 5.74) is -4.27. The highest BCUT2D eigenvalue weighted by molar-refractivity contribution is 6.04. The summed E-state index contributed by atoms with van der Waals surface area (Å²) in [4.78, 5) is 21.8. The lowest BCUT2D eigenvalue weighted by atomic mass is 10.0. The van der Waals surface area contributed by atoms with E-state index in [4.69, 9.17) is 5.11 Å². The van der Waals surface area contributed by atoms with Crippen molar-refractivity contribution in [3.63, 3.8) is 0 Å². The molecule has 1 unspecified atom stereocenters. The predicted octanol–water partition coefficient (Wildman–Crippen LogP) is 0.406. The van der Waals surface area contributed by atoms with E-state index in [1.807, 2.05) is 0 Å². The van der Waals surface area contributed by atoms with Crippen molar-refractivity contribution in [2.75, 3.05) is 13.7 Å². The van der Waals surface area contributed by atoms with Crippen LogP contribution in [0.2, 0.25) is 0 Å². The quantitative estimate of drug-likeness (QED) is 0.572. The lowest BCUT2D eigenvalue weighted by Gasteiger charge is -2.25. The first kappa shape index (κ1) is 14.7. The molecule has 5 nitrogen and oxygen atoms in total. The van der Waals surface area contributed by atoms with E-state index in [0.717, 1.165) is 0 Å². The Kier molecular flexibility index (Phi) is 4.73. The number of rotatable bonds is 4. The minimum Gasteiger partial charge on any atom is -0.466 e. The summed E-state index contributed by atoms with van der Waals surface area (Å²) in [6, 6.07) is 0. The molecule has 94 valence electrons. The lowest BCUT2D eigenvalue weighted by Crippen LogP contribution is -2.59. The summed E-state index contributed by atoms with van der Waals surface area (Å²) in [6.45, 7) is 1.20. The normalized spacial score (nSPS) is 15.1. The van der Waals surface area contributed by atoms with Crippen LogP contribution in [0, 0.1) is 0 Å². The molecule has 16 heavy (non-hydrogen) atoms. The highest BCUT2D eigenvalue weighted by Crippen LogP contribution is 2.32. The van der Waals surface area contributed by atoms with Gasteiger partial charge in [0.15, 0.2) is 0 Å². The number of carbonyl (C=O) groups excluding carboxylic acids is 2. The van der Waals surface area contributed by atoms with Crippen LogP contribution in [0.1, 0.15) is 13.3 Å². The van der Waals surface area contributed by atoms with Gasteiger partial charge in [0.05, 0.1) is 13.7 Å². The van der Waals surface area contributed by atoms with Gasteiger partial charge in [-0.15, -0.1) is 0 Å². The van der Waals surface area contributed by atoms with Crippen molar-refractivity contribution < 1.29 is 37.3 Å². The van der Waals surface area contributed by atoms with E-state index in [-0.39, 0.29) is 13.0 Å². The van der Waals surface area contributed by atoms with E-state index in [1.165, 1.54) is 6.92 Å². The number of alkyl halides is 3. The van der Waals surface area contributed by atoms with Gasteiger partial charge in [0.2, 0.25) is 0 Å². The van der Waals surface area contributed by atoms with Crippen molar-refractivity contribution in [3.05, 3.63) is 0 Å². The summed E-state index contributed by atoms with van der Waals surface area (Å²) in [7, 11) is 0.617. The summed E-state index contributed by atoms with van der Waals surface area (Å²) in [6.07, 6.45) is -5.24. The summed E-state index contributed by atoms with van der Waals surface area (Å²) < 4.78 is 44.9. The smallest absolute Gasteiger partial charge is 0.439 e. The Morgan fingerprint density at radius 3 is 2.06 bits per heavy atom. The summed E-state index contributed by atoms with van der Waals surface area (Å²) in [5.74, 6) is -4.21. The molecule has 0 heterocycles. The van der Waals surface area contributed by atoms with Crippen LogP contribution >= 0.6 is 0 Å². The molecule has 0 aromatic rings. The van der Waals surface area contributed by atoms with Gasteiger partial charge >= 0.3 is 23.7 Å². The minimum absolute atomic E-state index is 0.251. The molecule has 0 rings (SSSR count). The molecule has 0 bridgehead atoms. The van der Waals surface area contributed by atoms with Crippen LogP contribution in [0.15, 0.2) is 0 Å². The number of carbonyl (C=O) groups is 2. The van der Waals surface area contributed by atoms with Gasteiger partial charge in [-0.3, -0.25) is 0 Å². The Balaban J connectivity index is 5.09. The monoisotopic (exact) mass is 244 g/mol. The average Bonchev–Trinajstić information content (AvgIpc) is 2.21. The maximum absolute atomic E-state index is 12.4. The first-order valence-corrected chi connectivity index (χ1v) is 4.26. The molecular formula is C8H11F3O5. The predicted molar refractivity (Wildman–Crippen MR) is 44.3 cm³/mol. The Bertz CT molecular complexity index is 275. The molecule has 0 saturated heterocycles. The molecule has 0 spiro atoms. The molecule has 0 fully saturated rings. The van der Waals surface area contributed by atoms with Gasteiger partial charge < -0.3 is 14.6 Å². The third-order valence-electron chi connectivity index (χ3n) is 1.62. The van der Waals surface area contributed by atoms with Crippen molar-refractivity contribution in [1.29, 1.82) is 0 Å². The minimum atomic E-state index is -5.50. The summed E-state index contributed by atoms with van der Waals surface area (Å²) in [5, 5.41) is 9.04. The standard InChI is InChI=1S/C8H11F3O5/c1-3-4-16-6(13)7(14,5(12)15-2)8(9,10)11/h14H,3-4H2,1-2H3. The second-order valence-corrected chi connectivity index (χ2v) is 2.84. The van der Waals surface area contributed by atoms with E-state index in [2.05, 4.69) is 9.47 Å².